The lowest BCUT2D eigenvalue weighted by molar-refractivity contribution is -0.113. The number of benzene rings is 2. The van der Waals surface area contributed by atoms with E-state index in [-0.39, 0.29) is 11.7 Å². The Labute approximate surface area is 150 Å². The molecule has 0 saturated carbocycles. The monoisotopic (exact) mass is 353 g/mol. The molecule has 120 valence electrons. The van der Waals surface area contributed by atoms with Crippen molar-refractivity contribution in [2.24, 2.45) is 0 Å². The largest absolute Gasteiger partial charge is 0.508 e. The molecule has 1 aliphatic rings. The number of carbonyl (C=O) groups excluding carboxylic acids is 1. The summed E-state index contributed by atoms with van der Waals surface area (Å²) in [4.78, 5) is 14.7. The molecule has 0 aromatic heterocycles. The van der Waals surface area contributed by atoms with Crippen molar-refractivity contribution in [3.63, 3.8) is 0 Å². The van der Waals surface area contributed by atoms with Crippen LogP contribution in [0, 0.1) is 0 Å². The fraction of sp³-hybridized carbons (Fsp3) is 0.0526. The number of carbonyl (C=O) groups is 1. The SMILES string of the molecule is CC(=Cc1ccccc1)/C=C1/SC(=S)N(c2ccc(O)cc2)C1=O. The van der Waals surface area contributed by atoms with Gasteiger partial charge in [0.05, 0.1) is 10.6 Å². The van der Waals surface area contributed by atoms with E-state index < -0.39 is 0 Å². The molecular formula is C19H15NO2S2. The highest BCUT2D eigenvalue weighted by Crippen LogP contribution is 2.36. The Hall–Kier alpha value is -2.37. The first-order valence-electron chi connectivity index (χ1n) is 7.35. The minimum absolute atomic E-state index is 0.142. The second kappa shape index (κ2) is 7.03. The number of hydrogen-bond donors (Lipinski definition) is 1. The van der Waals surface area contributed by atoms with Gasteiger partial charge in [0.25, 0.3) is 5.91 Å². The van der Waals surface area contributed by atoms with Crippen LogP contribution in [0.2, 0.25) is 0 Å². The van der Waals surface area contributed by atoms with Gasteiger partial charge in [-0.1, -0.05) is 60.4 Å². The summed E-state index contributed by atoms with van der Waals surface area (Å²) in [7, 11) is 0. The number of amides is 1. The van der Waals surface area contributed by atoms with E-state index in [4.69, 9.17) is 12.2 Å². The van der Waals surface area contributed by atoms with Crippen LogP contribution >= 0.6 is 24.0 Å². The summed E-state index contributed by atoms with van der Waals surface area (Å²) in [6.07, 6.45) is 3.87. The molecule has 1 saturated heterocycles. The number of hydrogen-bond acceptors (Lipinski definition) is 4. The van der Waals surface area contributed by atoms with Gasteiger partial charge in [0, 0.05) is 0 Å². The van der Waals surface area contributed by atoms with Crippen molar-refractivity contribution in [2.75, 3.05) is 4.90 Å². The molecule has 3 nitrogen and oxygen atoms in total. The number of rotatable bonds is 3. The second-order valence-corrected chi connectivity index (χ2v) is 7.01. The minimum atomic E-state index is -0.142. The Bertz CT molecular complexity index is 839. The van der Waals surface area contributed by atoms with Crippen LogP contribution in [0.5, 0.6) is 5.75 Å². The number of phenols is 1. The van der Waals surface area contributed by atoms with Gasteiger partial charge >= 0.3 is 0 Å². The highest BCUT2D eigenvalue weighted by atomic mass is 32.2. The van der Waals surface area contributed by atoms with Crippen molar-refractivity contribution in [1.82, 2.24) is 0 Å². The molecular weight excluding hydrogens is 338 g/mol. The molecule has 0 atom stereocenters. The summed E-state index contributed by atoms with van der Waals surface area (Å²) in [5, 5.41) is 9.38. The average molecular weight is 353 g/mol. The third-order valence-electron chi connectivity index (χ3n) is 3.45. The summed E-state index contributed by atoms with van der Waals surface area (Å²) < 4.78 is 0.490. The molecule has 0 bridgehead atoms. The van der Waals surface area contributed by atoms with E-state index in [1.165, 1.54) is 28.8 Å². The molecule has 5 heteroatoms. The lowest BCUT2D eigenvalue weighted by Gasteiger charge is -2.14. The molecule has 0 spiro atoms. The molecule has 3 rings (SSSR count). The molecule has 24 heavy (non-hydrogen) atoms. The molecule has 0 radical (unpaired) electrons. The van der Waals surface area contributed by atoms with E-state index in [2.05, 4.69) is 0 Å². The lowest BCUT2D eigenvalue weighted by atomic mass is 10.1. The first-order valence-corrected chi connectivity index (χ1v) is 8.57. The van der Waals surface area contributed by atoms with E-state index in [0.717, 1.165) is 11.1 Å². The maximum atomic E-state index is 12.6. The standard InChI is InChI=1S/C19H15NO2S2/c1-13(11-14-5-3-2-4-6-14)12-17-18(22)20(19(23)24-17)15-7-9-16(21)10-8-15/h2-12,21H,1H3/b13-11?,17-12+. The fourth-order valence-corrected chi connectivity index (χ4v) is 3.70. The van der Waals surface area contributed by atoms with Crippen LogP contribution in [0.15, 0.2) is 71.2 Å². The van der Waals surface area contributed by atoms with Crippen LogP contribution in [0.25, 0.3) is 6.08 Å². The van der Waals surface area contributed by atoms with Gasteiger partial charge in [0.2, 0.25) is 0 Å². The van der Waals surface area contributed by atoms with Crippen LogP contribution in [0.1, 0.15) is 12.5 Å². The predicted octanol–water partition coefficient (Wildman–Crippen LogP) is 4.74. The van der Waals surface area contributed by atoms with Crippen molar-refractivity contribution in [2.45, 2.75) is 6.92 Å². The van der Waals surface area contributed by atoms with Gasteiger partial charge < -0.3 is 5.11 Å². The molecule has 0 aliphatic carbocycles. The zero-order chi connectivity index (χ0) is 17.1. The lowest BCUT2D eigenvalue weighted by Crippen LogP contribution is -2.27. The van der Waals surface area contributed by atoms with E-state index >= 15 is 0 Å². The maximum absolute atomic E-state index is 12.6. The number of nitrogens with zero attached hydrogens (tertiary/aromatic N) is 1. The van der Waals surface area contributed by atoms with Crippen LogP contribution in [0.4, 0.5) is 5.69 Å². The number of phenolic OH excluding ortho intramolecular Hbond substituents is 1. The Balaban J connectivity index is 1.85. The molecule has 1 N–H and O–H groups in total. The van der Waals surface area contributed by atoms with Crippen LogP contribution in [-0.4, -0.2) is 15.3 Å². The minimum Gasteiger partial charge on any atom is -0.508 e. The quantitative estimate of drug-likeness (QED) is 0.639. The Morgan fingerprint density at radius 3 is 2.46 bits per heavy atom. The Kier molecular flexibility index (Phi) is 4.83. The van der Waals surface area contributed by atoms with Gasteiger partial charge in [-0.2, -0.15) is 0 Å². The third-order valence-corrected chi connectivity index (χ3v) is 4.76. The molecule has 2 aromatic carbocycles. The molecule has 0 unspecified atom stereocenters. The van der Waals surface area contributed by atoms with Crippen molar-refractivity contribution in [3.05, 3.63) is 76.7 Å². The van der Waals surface area contributed by atoms with Crippen molar-refractivity contribution in [1.29, 1.82) is 0 Å². The van der Waals surface area contributed by atoms with Gasteiger partial charge in [-0.15, -0.1) is 0 Å². The van der Waals surface area contributed by atoms with Gasteiger partial charge in [0.1, 0.15) is 5.75 Å². The average Bonchev–Trinajstić information content (AvgIpc) is 2.83. The van der Waals surface area contributed by atoms with E-state index in [1.54, 1.807) is 12.1 Å². The molecule has 1 heterocycles. The van der Waals surface area contributed by atoms with Crippen molar-refractivity contribution in [3.8, 4) is 5.75 Å². The molecule has 2 aromatic rings. The van der Waals surface area contributed by atoms with Gasteiger partial charge in [-0.25, -0.2) is 0 Å². The Morgan fingerprint density at radius 1 is 1.12 bits per heavy atom. The Morgan fingerprint density at radius 2 is 1.79 bits per heavy atom. The molecule has 1 fully saturated rings. The topological polar surface area (TPSA) is 40.5 Å². The molecule has 1 aliphatic heterocycles. The van der Waals surface area contributed by atoms with Crippen molar-refractivity contribution < 1.29 is 9.90 Å². The fourth-order valence-electron chi connectivity index (χ4n) is 2.35. The summed E-state index contributed by atoms with van der Waals surface area (Å²) in [6, 6.07) is 16.4. The van der Waals surface area contributed by atoms with Crippen LogP contribution < -0.4 is 4.90 Å². The maximum Gasteiger partial charge on any atom is 0.270 e. The third kappa shape index (κ3) is 3.58. The zero-order valence-electron chi connectivity index (χ0n) is 13.0. The van der Waals surface area contributed by atoms with Gasteiger partial charge in [-0.3, -0.25) is 9.69 Å². The predicted molar refractivity (Wildman–Crippen MR) is 104 cm³/mol. The number of aromatic hydroxyl groups is 1. The smallest absolute Gasteiger partial charge is 0.270 e. The van der Waals surface area contributed by atoms with Crippen LogP contribution in [-0.2, 0) is 4.79 Å². The second-order valence-electron chi connectivity index (χ2n) is 5.33. The normalized spacial score (nSPS) is 17.0. The number of thiocarbonyl (C=S) groups is 1. The van der Waals surface area contributed by atoms with Gasteiger partial charge in [-0.05, 0) is 48.4 Å². The number of anilines is 1. The summed E-state index contributed by atoms with van der Waals surface area (Å²) in [5.41, 5.74) is 2.72. The zero-order valence-corrected chi connectivity index (χ0v) is 14.6. The molecule has 1 amide bonds. The van der Waals surface area contributed by atoms with E-state index in [1.807, 2.05) is 49.4 Å². The summed E-state index contributed by atoms with van der Waals surface area (Å²) >= 11 is 6.62. The number of thioether (sulfide) groups is 1. The van der Waals surface area contributed by atoms with Crippen LogP contribution in [0.3, 0.4) is 0 Å². The first-order chi connectivity index (χ1) is 11.5. The summed E-state index contributed by atoms with van der Waals surface area (Å²) in [6.45, 7) is 1.96. The number of allylic oxidation sites excluding steroid dienone is 2. The van der Waals surface area contributed by atoms with Gasteiger partial charge in [0.15, 0.2) is 4.32 Å². The van der Waals surface area contributed by atoms with Crippen molar-refractivity contribution >= 4 is 46.0 Å². The highest BCUT2D eigenvalue weighted by Gasteiger charge is 2.33. The first kappa shape index (κ1) is 16.5. The van der Waals surface area contributed by atoms with E-state index in [9.17, 15) is 9.90 Å². The summed E-state index contributed by atoms with van der Waals surface area (Å²) in [5.74, 6) is 0.0119. The van der Waals surface area contributed by atoms with E-state index in [0.29, 0.717) is 14.9 Å². The highest BCUT2D eigenvalue weighted by molar-refractivity contribution is 8.27.